The van der Waals surface area contributed by atoms with E-state index in [0.29, 0.717) is 18.7 Å². The van der Waals surface area contributed by atoms with Crippen molar-refractivity contribution in [3.05, 3.63) is 65.1 Å². The standard InChI is InChI=1S/C25H28FN5O3.ClH/c1-30-21-12-16(3-6-19(21)14-29-30)22-25(15-28-22)7-9-31(10-8-25)24(33)27-13-18-5-4-17(11-20(18)26)23(32)34-2;/h3-6,11-12,14,22,28H,7-10,13,15H2,1-2H3,(H,27,33);1H. The maximum atomic E-state index is 14.3. The summed E-state index contributed by atoms with van der Waals surface area (Å²) in [6.07, 6.45) is 3.69. The molecule has 8 nitrogen and oxygen atoms in total. The fourth-order valence-electron chi connectivity index (χ4n) is 5.14. The minimum atomic E-state index is -0.597. The number of amides is 2. The number of carbonyl (C=O) groups excluding carboxylic acids is 2. The number of nitrogens with one attached hydrogen (secondary N) is 2. The predicted octanol–water partition coefficient (Wildman–Crippen LogP) is 3.56. The number of ether oxygens (including phenoxy) is 1. The third kappa shape index (κ3) is 4.58. The second-order valence-corrected chi connectivity index (χ2v) is 9.21. The molecule has 2 N–H and O–H groups in total. The SMILES string of the molecule is COC(=O)c1ccc(CNC(=O)N2CCC3(CC2)CNC3c2ccc3cnn(C)c3c2)c(F)c1.Cl. The van der Waals surface area contributed by atoms with Crippen LogP contribution in [0.4, 0.5) is 9.18 Å². The number of benzene rings is 2. The maximum Gasteiger partial charge on any atom is 0.337 e. The lowest BCUT2D eigenvalue weighted by Crippen LogP contribution is -2.61. The number of hydrogen-bond donors (Lipinski definition) is 2. The van der Waals surface area contributed by atoms with Gasteiger partial charge < -0.3 is 20.3 Å². The van der Waals surface area contributed by atoms with Gasteiger partial charge in [0.25, 0.3) is 0 Å². The zero-order chi connectivity index (χ0) is 23.9. The first-order chi connectivity index (χ1) is 16.4. The van der Waals surface area contributed by atoms with E-state index in [-0.39, 0.29) is 42.0 Å². The molecule has 2 aliphatic heterocycles. The fourth-order valence-corrected chi connectivity index (χ4v) is 5.14. The zero-order valence-corrected chi connectivity index (χ0v) is 20.5. The number of aryl methyl sites for hydroxylation is 1. The summed E-state index contributed by atoms with van der Waals surface area (Å²) in [7, 11) is 3.20. The Kier molecular flexibility index (Phi) is 7.00. The van der Waals surface area contributed by atoms with Crippen LogP contribution in [0.2, 0.25) is 0 Å². The van der Waals surface area contributed by atoms with Crippen molar-refractivity contribution in [2.75, 3.05) is 26.7 Å². The number of nitrogens with zero attached hydrogens (tertiary/aromatic N) is 3. The molecule has 1 spiro atoms. The van der Waals surface area contributed by atoms with Crippen LogP contribution in [-0.2, 0) is 18.3 Å². The van der Waals surface area contributed by atoms with E-state index in [1.165, 1.54) is 24.8 Å². The van der Waals surface area contributed by atoms with Gasteiger partial charge in [0.15, 0.2) is 0 Å². The number of urea groups is 1. The number of carbonyl (C=O) groups is 2. The number of halogens is 2. The van der Waals surface area contributed by atoms with Gasteiger partial charge in [-0.2, -0.15) is 5.10 Å². The molecule has 186 valence electrons. The molecule has 0 aliphatic carbocycles. The zero-order valence-electron chi connectivity index (χ0n) is 19.7. The van der Waals surface area contributed by atoms with Gasteiger partial charge in [-0.15, -0.1) is 12.4 Å². The summed E-state index contributed by atoms with van der Waals surface area (Å²) >= 11 is 0. The average Bonchev–Trinajstić information content (AvgIpc) is 3.22. The number of piperidine rings is 1. The monoisotopic (exact) mass is 501 g/mol. The summed E-state index contributed by atoms with van der Waals surface area (Å²) in [4.78, 5) is 26.0. The lowest BCUT2D eigenvalue weighted by molar-refractivity contribution is 0.0140. The highest BCUT2D eigenvalue weighted by Gasteiger charge is 2.49. The molecule has 2 aliphatic rings. The van der Waals surface area contributed by atoms with Crippen molar-refractivity contribution < 1.29 is 18.7 Å². The van der Waals surface area contributed by atoms with Crippen LogP contribution in [0.25, 0.3) is 10.9 Å². The molecule has 1 aromatic heterocycles. The van der Waals surface area contributed by atoms with Crippen molar-refractivity contribution in [3.63, 3.8) is 0 Å². The van der Waals surface area contributed by atoms with Crippen molar-refractivity contribution in [1.29, 1.82) is 0 Å². The normalized spacial score (nSPS) is 18.6. The first-order valence-electron chi connectivity index (χ1n) is 11.4. The van der Waals surface area contributed by atoms with Gasteiger partial charge in [0.1, 0.15) is 5.82 Å². The van der Waals surface area contributed by atoms with Crippen LogP contribution in [0.15, 0.2) is 42.6 Å². The van der Waals surface area contributed by atoms with E-state index in [4.69, 9.17) is 0 Å². The van der Waals surface area contributed by atoms with Gasteiger partial charge in [-0.25, -0.2) is 14.0 Å². The Hall–Kier alpha value is -3.17. The number of hydrogen-bond acceptors (Lipinski definition) is 5. The molecular weight excluding hydrogens is 473 g/mol. The van der Waals surface area contributed by atoms with E-state index in [1.54, 1.807) is 4.90 Å². The van der Waals surface area contributed by atoms with Crippen LogP contribution < -0.4 is 10.6 Å². The largest absolute Gasteiger partial charge is 0.465 e. The Morgan fingerprint density at radius 3 is 2.66 bits per heavy atom. The van der Waals surface area contributed by atoms with Gasteiger partial charge in [0, 0.05) is 55.6 Å². The Morgan fingerprint density at radius 1 is 1.23 bits per heavy atom. The molecule has 2 aromatic carbocycles. The number of fused-ring (bicyclic) bond motifs is 1. The van der Waals surface area contributed by atoms with E-state index >= 15 is 0 Å². The summed E-state index contributed by atoms with van der Waals surface area (Å²) in [5, 5.41) is 11.9. The Bertz CT molecular complexity index is 1260. The summed E-state index contributed by atoms with van der Waals surface area (Å²) in [5.41, 5.74) is 2.97. The molecule has 35 heavy (non-hydrogen) atoms. The van der Waals surface area contributed by atoms with E-state index in [2.05, 4.69) is 38.7 Å². The molecular formula is C25H29ClFN5O3. The topological polar surface area (TPSA) is 88.5 Å². The van der Waals surface area contributed by atoms with Crippen molar-refractivity contribution in [1.82, 2.24) is 25.3 Å². The number of likely N-dealkylation sites (tertiary alicyclic amines) is 1. The van der Waals surface area contributed by atoms with Gasteiger partial charge in [-0.3, -0.25) is 4.68 Å². The number of methoxy groups -OCH3 is 1. The molecule has 1 atom stereocenters. The maximum absolute atomic E-state index is 14.3. The van der Waals surface area contributed by atoms with E-state index in [9.17, 15) is 14.0 Å². The van der Waals surface area contributed by atoms with Gasteiger partial charge >= 0.3 is 12.0 Å². The molecule has 3 heterocycles. The third-order valence-corrected chi connectivity index (χ3v) is 7.33. The highest BCUT2D eigenvalue weighted by molar-refractivity contribution is 5.89. The minimum absolute atomic E-state index is 0. The molecule has 0 saturated carbocycles. The van der Waals surface area contributed by atoms with Crippen LogP contribution in [0.1, 0.15) is 40.4 Å². The smallest absolute Gasteiger partial charge is 0.337 e. The summed E-state index contributed by atoms with van der Waals surface area (Å²) in [6.45, 7) is 2.31. The van der Waals surface area contributed by atoms with Crippen molar-refractivity contribution in [2.24, 2.45) is 12.5 Å². The molecule has 0 bridgehead atoms. The molecule has 5 rings (SSSR count). The first kappa shape index (κ1) is 24.9. The van der Waals surface area contributed by atoms with Crippen LogP contribution in [0.5, 0.6) is 0 Å². The second kappa shape index (κ2) is 9.83. The second-order valence-electron chi connectivity index (χ2n) is 9.21. The van der Waals surface area contributed by atoms with Crippen LogP contribution in [0, 0.1) is 11.2 Å². The van der Waals surface area contributed by atoms with Gasteiger partial charge in [-0.05, 0) is 36.6 Å². The van der Waals surface area contributed by atoms with E-state index in [1.807, 2.05) is 17.9 Å². The fraction of sp³-hybridized carbons (Fsp3) is 0.400. The Balaban J connectivity index is 0.00000289. The Morgan fingerprint density at radius 2 is 2.00 bits per heavy atom. The molecule has 0 radical (unpaired) electrons. The minimum Gasteiger partial charge on any atom is -0.465 e. The molecule has 3 aromatic rings. The molecule has 10 heteroatoms. The predicted molar refractivity (Wildman–Crippen MR) is 132 cm³/mol. The summed E-state index contributed by atoms with van der Waals surface area (Å²) < 4.78 is 20.8. The van der Waals surface area contributed by atoms with E-state index < -0.39 is 11.8 Å². The lowest BCUT2D eigenvalue weighted by atomic mass is 9.64. The number of rotatable bonds is 4. The summed E-state index contributed by atoms with van der Waals surface area (Å²) in [5.74, 6) is -1.14. The van der Waals surface area contributed by atoms with Gasteiger partial charge in [0.05, 0.1) is 24.4 Å². The number of aromatic nitrogens is 2. The third-order valence-electron chi connectivity index (χ3n) is 7.33. The molecule has 2 saturated heterocycles. The van der Waals surface area contributed by atoms with E-state index in [0.717, 1.165) is 36.4 Å². The van der Waals surface area contributed by atoms with Crippen LogP contribution in [0.3, 0.4) is 0 Å². The first-order valence-corrected chi connectivity index (χ1v) is 11.4. The molecule has 2 fully saturated rings. The highest BCUT2D eigenvalue weighted by atomic mass is 35.5. The van der Waals surface area contributed by atoms with Crippen molar-refractivity contribution in [3.8, 4) is 0 Å². The molecule has 2 amide bonds. The lowest BCUT2D eigenvalue weighted by Gasteiger charge is -2.54. The molecule has 1 unspecified atom stereocenters. The van der Waals surface area contributed by atoms with Crippen LogP contribution in [-0.4, -0.2) is 53.4 Å². The summed E-state index contributed by atoms with van der Waals surface area (Å²) in [6, 6.07) is 10.7. The number of esters is 1. The highest BCUT2D eigenvalue weighted by Crippen LogP contribution is 2.49. The van der Waals surface area contributed by atoms with Crippen molar-refractivity contribution >= 4 is 35.3 Å². The van der Waals surface area contributed by atoms with Crippen LogP contribution >= 0.6 is 12.4 Å². The average molecular weight is 502 g/mol. The van der Waals surface area contributed by atoms with Gasteiger partial charge in [0.2, 0.25) is 0 Å². The Labute approximate surface area is 209 Å². The van der Waals surface area contributed by atoms with Crippen molar-refractivity contribution in [2.45, 2.75) is 25.4 Å². The quantitative estimate of drug-likeness (QED) is 0.534. The van der Waals surface area contributed by atoms with Gasteiger partial charge in [-0.1, -0.05) is 18.2 Å².